The molecule has 0 saturated carbocycles. The zero-order valence-corrected chi connectivity index (χ0v) is 16.2. The van der Waals surface area contributed by atoms with Crippen LogP contribution in [0.1, 0.15) is 37.8 Å². The third-order valence-electron chi connectivity index (χ3n) is 4.48. The predicted octanol–water partition coefficient (Wildman–Crippen LogP) is 3.91. The maximum Gasteiger partial charge on any atom is 0.410 e. The van der Waals surface area contributed by atoms with E-state index in [0.717, 1.165) is 11.1 Å². The molecule has 0 bridgehead atoms. The molecule has 0 aromatic heterocycles. The van der Waals surface area contributed by atoms with Crippen LogP contribution in [-0.4, -0.2) is 41.9 Å². The number of allylic oxidation sites excluding steroid dienone is 4. The van der Waals surface area contributed by atoms with Gasteiger partial charge in [0.2, 0.25) is 0 Å². The molecule has 1 heterocycles. The molecule has 1 aliphatic heterocycles. The van der Waals surface area contributed by atoms with Gasteiger partial charge >= 0.3 is 6.09 Å². The molecule has 26 heavy (non-hydrogen) atoms. The normalized spacial score (nSPS) is 21.2. The van der Waals surface area contributed by atoms with Crippen molar-refractivity contribution < 1.29 is 19.4 Å². The summed E-state index contributed by atoms with van der Waals surface area (Å²) in [6.07, 6.45) is 5.34. The van der Waals surface area contributed by atoms with Gasteiger partial charge in [0.25, 0.3) is 0 Å². The Balaban J connectivity index is 1.85. The molecule has 2 aliphatic rings. The Kier molecular flexibility index (Phi) is 4.80. The Morgan fingerprint density at radius 1 is 1.35 bits per heavy atom. The van der Waals surface area contributed by atoms with E-state index in [2.05, 4.69) is 0 Å². The van der Waals surface area contributed by atoms with E-state index in [1.165, 1.54) is 4.90 Å². The van der Waals surface area contributed by atoms with E-state index in [-0.39, 0.29) is 19.0 Å². The molecule has 1 aromatic carbocycles. The summed E-state index contributed by atoms with van der Waals surface area (Å²) in [5.74, 6) is 0.646. The summed E-state index contributed by atoms with van der Waals surface area (Å²) in [4.78, 5) is 13.7. The lowest BCUT2D eigenvalue weighted by Gasteiger charge is -2.47. The first kappa shape index (κ1) is 18.8. The van der Waals surface area contributed by atoms with E-state index < -0.39 is 17.3 Å². The second kappa shape index (κ2) is 6.63. The monoisotopic (exact) mass is 377 g/mol. The smallest absolute Gasteiger partial charge is 0.410 e. The number of carbonyl (C=O) groups excluding carboxylic acids is 1. The number of amides is 1. The molecule has 1 aliphatic carbocycles. The summed E-state index contributed by atoms with van der Waals surface area (Å²) in [5, 5.41) is 11.8. The number of benzene rings is 1. The number of β-amino-alcohol motifs (C(OH)–C–C–N with tert-alkyl or cyclic N) is 1. The second-order valence-electron chi connectivity index (χ2n) is 7.76. The number of rotatable bonds is 3. The highest BCUT2D eigenvalue weighted by atomic mass is 35.5. The minimum Gasteiger partial charge on any atom is -0.497 e. The van der Waals surface area contributed by atoms with Gasteiger partial charge in [-0.2, -0.15) is 0 Å². The van der Waals surface area contributed by atoms with Gasteiger partial charge in [0.15, 0.2) is 0 Å². The van der Waals surface area contributed by atoms with Crippen molar-refractivity contribution >= 4 is 17.7 Å². The average Bonchev–Trinajstić information content (AvgIpc) is 2.95. The number of nitrogens with zero attached hydrogens (tertiary/aromatic N) is 1. The molecular formula is C20H24ClNO4. The molecule has 1 atom stereocenters. The summed E-state index contributed by atoms with van der Waals surface area (Å²) in [6.45, 7) is 5.81. The van der Waals surface area contributed by atoms with Gasteiger partial charge in [-0.05, 0) is 50.1 Å². The van der Waals surface area contributed by atoms with Crippen LogP contribution < -0.4 is 4.74 Å². The van der Waals surface area contributed by atoms with Crippen LogP contribution >= 0.6 is 11.6 Å². The molecule has 1 amide bonds. The Hall–Kier alpha value is -1.98. The van der Waals surface area contributed by atoms with Gasteiger partial charge in [0, 0.05) is 11.0 Å². The Bertz CT molecular complexity index is 773. The molecule has 1 N–H and O–H groups in total. The lowest BCUT2D eigenvalue weighted by atomic mass is 9.80. The van der Waals surface area contributed by atoms with Gasteiger partial charge in [-0.15, -0.1) is 0 Å². The van der Waals surface area contributed by atoms with Crippen molar-refractivity contribution in [3.8, 4) is 5.75 Å². The van der Waals surface area contributed by atoms with Crippen LogP contribution in [-0.2, 0) is 10.3 Å². The molecule has 1 unspecified atom stereocenters. The van der Waals surface area contributed by atoms with E-state index in [0.29, 0.717) is 10.8 Å². The fourth-order valence-corrected chi connectivity index (χ4v) is 3.45. The van der Waals surface area contributed by atoms with Gasteiger partial charge in [-0.1, -0.05) is 29.8 Å². The van der Waals surface area contributed by atoms with Crippen molar-refractivity contribution in [2.24, 2.45) is 0 Å². The van der Waals surface area contributed by atoms with Crippen LogP contribution in [0.5, 0.6) is 5.75 Å². The van der Waals surface area contributed by atoms with Crippen LogP contribution in [0.15, 0.2) is 41.5 Å². The number of halogens is 1. The molecule has 5 nitrogen and oxygen atoms in total. The SMILES string of the molecule is COc1ccc(C2C=CC(Cl)=C2)c(C2(O)CN(C(=O)OC(C)(C)C)C2)c1. The highest BCUT2D eigenvalue weighted by Crippen LogP contribution is 2.41. The summed E-state index contributed by atoms with van der Waals surface area (Å²) < 4.78 is 10.7. The number of hydrogen-bond donors (Lipinski definition) is 1. The number of methoxy groups -OCH3 is 1. The number of hydrogen-bond acceptors (Lipinski definition) is 4. The van der Waals surface area contributed by atoms with Crippen molar-refractivity contribution in [3.05, 3.63) is 52.6 Å². The zero-order valence-electron chi connectivity index (χ0n) is 15.5. The van der Waals surface area contributed by atoms with Crippen LogP contribution in [0.3, 0.4) is 0 Å². The van der Waals surface area contributed by atoms with Crippen molar-refractivity contribution in [1.82, 2.24) is 4.90 Å². The van der Waals surface area contributed by atoms with Gasteiger partial charge in [-0.25, -0.2) is 4.79 Å². The average molecular weight is 378 g/mol. The third-order valence-corrected chi connectivity index (χ3v) is 4.73. The zero-order chi connectivity index (χ0) is 19.1. The van der Waals surface area contributed by atoms with E-state index in [1.54, 1.807) is 7.11 Å². The topological polar surface area (TPSA) is 59.0 Å². The van der Waals surface area contributed by atoms with Crippen LogP contribution in [0, 0.1) is 0 Å². The van der Waals surface area contributed by atoms with Gasteiger partial charge in [0.05, 0.1) is 20.2 Å². The largest absolute Gasteiger partial charge is 0.497 e. The Labute approximate surface area is 158 Å². The van der Waals surface area contributed by atoms with Gasteiger partial charge < -0.3 is 19.5 Å². The summed E-state index contributed by atoms with van der Waals surface area (Å²) >= 11 is 6.07. The second-order valence-corrected chi connectivity index (χ2v) is 8.19. The van der Waals surface area contributed by atoms with Crippen LogP contribution in [0.25, 0.3) is 0 Å². The summed E-state index contributed by atoms with van der Waals surface area (Å²) in [7, 11) is 1.59. The number of carbonyl (C=O) groups is 1. The van der Waals surface area contributed by atoms with Crippen molar-refractivity contribution in [2.45, 2.75) is 37.9 Å². The predicted molar refractivity (Wildman–Crippen MR) is 101 cm³/mol. The van der Waals surface area contributed by atoms with E-state index in [1.807, 2.05) is 57.2 Å². The first-order chi connectivity index (χ1) is 12.1. The molecule has 0 radical (unpaired) electrons. The summed E-state index contributed by atoms with van der Waals surface area (Å²) in [5.41, 5.74) is -0.0161. The molecule has 1 fully saturated rings. The molecule has 3 rings (SSSR count). The van der Waals surface area contributed by atoms with Crippen molar-refractivity contribution in [3.63, 3.8) is 0 Å². The van der Waals surface area contributed by atoms with E-state index in [4.69, 9.17) is 21.1 Å². The molecule has 1 saturated heterocycles. The van der Waals surface area contributed by atoms with Gasteiger partial charge in [0.1, 0.15) is 17.0 Å². The fraction of sp³-hybridized carbons (Fsp3) is 0.450. The highest BCUT2D eigenvalue weighted by Gasteiger charge is 2.48. The lowest BCUT2D eigenvalue weighted by molar-refractivity contribution is -0.104. The first-order valence-corrected chi connectivity index (χ1v) is 8.93. The quantitative estimate of drug-likeness (QED) is 0.867. The summed E-state index contributed by atoms with van der Waals surface area (Å²) in [6, 6.07) is 5.62. The highest BCUT2D eigenvalue weighted by molar-refractivity contribution is 6.31. The minimum atomic E-state index is -1.14. The number of ether oxygens (including phenoxy) is 2. The molecule has 140 valence electrons. The first-order valence-electron chi connectivity index (χ1n) is 8.55. The number of aliphatic hydroxyl groups is 1. The molecule has 6 heteroatoms. The lowest BCUT2D eigenvalue weighted by Crippen LogP contribution is -2.62. The van der Waals surface area contributed by atoms with Crippen molar-refractivity contribution in [1.29, 1.82) is 0 Å². The maximum atomic E-state index is 12.2. The maximum absolute atomic E-state index is 12.2. The minimum absolute atomic E-state index is 0.0111. The number of likely N-dealkylation sites (tertiary alicyclic amines) is 1. The molecular weight excluding hydrogens is 354 g/mol. The third kappa shape index (κ3) is 3.74. The van der Waals surface area contributed by atoms with Crippen LogP contribution in [0.2, 0.25) is 0 Å². The molecule has 0 spiro atoms. The van der Waals surface area contributed by atoms with Crippen LogP contribution in [0.4, 0.5) is 4.79 Å². The van der Waals surface area contributed by atoms with E-state index in [9.17, 15) is 9.90 Å². The Morgan fingerprint density at radius 3 is 2.58 bits per heavy atom. The fourth-order valence-electron chi connectivity index (χ4n) is 3.24. The molecule has 1 aromatic rings. The van der Waals surface area contributed by atoms with Gasteiger partial charge in [-0.3, -0.25) is 0 Å². The standard InChI is InChI=1S/C20H24ClNO4/c1-19(2,3)26-18(23)22-11-20(24,12-22)17-10-15(25-4)7-8-16(17)13-5-6-14(21)9-13/h5-10,13,24H,11-12H2,1-4H3. The van der Waals surface area contributed by atoms with E-state index >= 15 is 0 Å². The Morgan fingerprint density at radius 2 is 2.04 bits per heavy atom. The van der Waals surface area contributed by atoms with Crippen molar-refractivity contribution in [2.75, 3.05) is 20.2 Å².